The van der Waals surface area contributed by atoms with Crippen molar-refractivity contribution in [2.24, 2.45) is 0 Å². The minimum atomic E-state index is -0.124. The van der Waals surface area contributed by atoms with Crippen LogP contribution in [0.5, 0.6) is 0 Å². The lowest BCUT2D eigenvalue weighted by molar-refractivity contribution is -0.509. The first kappa shape index (κ1) is 7.74. The molecule has 1 aromatic carbocycles. The van der Waals surface area contributed by atoms with E-state index < -0.39 is 0 Å². The molecule has 1 amide bonds. The van der Waals surface area contributed by atoms with Crippen molar-refractivity contribution in [2.45, 2.75) is 12.5 Å². The molecule has 0 aliphatic carbocycles. The van der Waals surface area contributed by atoms with Gasteiger partial charge in [-0.15, -0.1) is 0 Å². The van der Waals surface area contributed by atoms with Gasteiger partial charge in [0.2, 0.25) is 5.36 Å². The summed E-state index contributed by atoms with van der Waals surface area (Å²) in [5.74, 6) is 0.0995. The Labute approximate surface area is 81.2 Å². The summed E-state index contributed by atoms with van der Waals surface area (Å²) in [6.07, 6.45) is 0.959. The lowest BCUT2D eigenvalue weighted by Crippen LogP contribution is -2.85. The molecule has 2 N–H and O–H groups in total. The summed E-state index contributed by atoms with van der Waals surface area (Å²) in [6, 6.07) is 7.98. The Kier molecular flexibility index (Phi) is 1.48. The Balaban J connectivity index is 2.31. The first-order valence-corrected chi connectivity index (χ1v) is 4.85. The van der Waals surface area contributed by atoms with Crippen LogP contribution >= 0.6 is 0 Å². The third-order valence-corrected chi connectivity index (χ3v) is 2.88. The van der Waals surface area contributed by atoms with Crippen molar-refractivity contribution in [3.8, 4) is 0 Å². The van der Waals surface area contributed by atoms with Crippen LogP contribution in [-0.2, 0) is 4.79 Å². The first-order chi connectivity index (χ1) is 6.86. The number of para-hydroxylation sites is 1. The molecule has 1 unspecified atom stereocenters. The van der Waals surface area contributed by atoms with E-state index in [4.69, 9.17) is 0 Å². The summed E-state index contributed by atoms with van der Waals surface area (Å²) in [7, 11) is 0. The van der Waals surface area contributed by atoms with Crippen molar-refractivity contribution in [1.29, 1.82) is 0 Å². The molecule has 0 aromatic heterocycles. The van der Waals surface area contributed by atoms with Gasteiger partial charge in [-0.05, 0) is 12.5 Å². The molecule has 2 aliphatic heterocycles. The van der Waals surface area contributed by atoms with E-state index in [-0.39, 0.29) is 11.9 Å². The van der Waals surface area contributed by atoms with E-state index in [0.29, 0.717) is 0 Å². The lowest BCUT2D eigenvalue weighted by atomic mass is 9.99. The standard InChI is InChI=1S/C11H10N2O/c14-11-10-8(5-6-12-11)7-3-1-2-4-9(7)13-10/h1-4,10H,5-6H2,(H,12,14)/p+1. The fourth-order valence-corrected chi connectivity index (χ4v) is 2.21. The van der Waals surface area contributed by atoms with Gasteiger partial charge < -0.3 is 5.32 Å². The minimum Gasteiger partial charge on any atom is -0.350 e. The SMILES string of the molecule is O=C1NCCC2=c3ccccc3=[NH+]C12. The molecule has 0 saturated carbocycles. The number of carbonyl (C=O) groups excluding carboxylic acids is 1. The maximum atomic E-state index is 11.5. The number of piperidine rings is 1. The van der Waals surface area contributed by atoms with Gasteiger partial charge in [0.1, 0.15) is 0 Å². The second-order valence-corrected chi connectivity index (χ2v) is 3.69. The van der Waals surface area contributed by atoms with Gasteiger partial charge in [0, 0.05) is 18.2 Å². The number of fused-ring (bicyclic) bond motifs is 2. The molecule has 1 aromatic rings. The van der Waals surface area contributed by atoms with Crippen LogP contribution in [0.1, 0.15) is 6.42 Å². The maximum absolute atomic E-state index is 11.5. The maximum Gasteiger partial charge on any atom is 0.293 e. The molecule has 3 nitrogen and oxygen atoms in total. The molecule has 0 spiro atoms. The predicted octanol–water partition coefficient (Wildman–Crippen LogP) is -2.56. The van der Waals surface area contributed by atoms with Crippen LogP contribution in [0.15, 0.2) is 24.3 Å². The van der Waals surface area contributed by atoms with Crippen molar-refractivity contribution >= 4 is 11.5 Å². The molecule has 2 aliphatic rings. The minimum absolute atomic E-state index is 0.0995. The van der Waals surface area contributed by atoms with Crippen LogP contribution in [0.4, 0.5) is 0 Å². The monoisotopic (exact) mass is 187 g/mol. The van der Waals surface area contributed by atoms with Crippen LogP contribution in [-0.4, -0.2) is 18.5 Å². The fourth-order valence-electron chi connectivity index (χ4n) is 2.21. The van der Waals surface area contributed by atoms with Gasteiger partial charge in [-0.3, -0.25) is 4.79 Å². The van der Waals surface area contributed by atoms with Crippen molar-refractivity contribution < 1.29 is 9.79 Å². The van der Waals surface area contributed by atoms with E-state index in [1.807, 2.05) is 18.2 Å². The molecular weight excluding hydrogens is 176 g/mol. The van der Waals surface area contributed by atoms with Gasteiger partial charge in [0.25, 0.3) is 11.9 Å². The molecule has 1 atom stereocenters. The Hall–Kier alpha value is -1.64. The van der Waals surface area contributed by atoms with Gasteiger partial charge in [0.15, 0.2) is 0 Å². The number of nitrogens with one attached hydrogen (secondary N) is 2. The second-order valence-electron chi connectivity index (χ2n) is 3.69. The zero-order chi connectivity index (χ0) is 9.54. The van der Waals surface area contributed by atoms with Gasteiger partial charge in [0.05, 0.1) is 5.22 Å². The zero-order valence-electron chi connectivity index (χ0n) is 7.71. The number of hydrogen-bond donors (Lipinski definition) is 2. The van der Waals surface area contributed by atoms with Crippen molar-refractivity contribution in [3.05, 3.63) is 34.8 Å². The summed E-state index contributed by atoms with van der Waals surface area (Å²) in [5.41, 5.74) is 1.24. The average molecular weight is 187 g/mol. The number of hydrogen-bond acceptors (Lipinski definition) is 1. The van der Waals surface area contributed by atoms with E-state index in [1.54, 1.807) is 0 Å². The highest BCUT2D eigenvalue weighted by Crippen LogP contribution is 2.08. The molecule has 1 saturated heterocycles. The quantitative estimate of drug-likeness (QED) is 0.461. The average Bonchev–Trinajstić information content (AvgIpc) is 2.59. The van der Waals surface area contributed by atoms with Crippen LogP contribution in [0.2, 0.25) is 0 Å². The van der Waals surface area contributed by atoms with Gasteiger partial charge in [-0.2, -0.15) is 0 Å². The Morgan fingerprint density at radius 1 is 1.36 bits per heavy atom. The highest BCUT2D eigenvalue weighted by atomic mass is 16.2. The molecule has 70 valence electrons. The largest absolute Gasteiger partial charge is 0.350 e. The summed E-state index contributed by atoms with van der Waals surface area (Å²) in [4.78, 5) is 14.8. The predicted molar refractivity (Wildman–Crippen MR) is 50.6 cm³/mol. The summed E-state index contributed by atoms with van der Waals surface area (Å²) >= 11 is 0. The third-order valence-electron chi connectivity index (χ3n) is 2.88. The van der Waals surface area contributed by atoms with Crippen molar-refractivity contribution in [3.63, 3.8) is 0 Å². The normalized spacial score (nSPS) is 23.6. The van der Waals surface area contributed by atoms with Crippen molar-refractivity contribution in [2.75, 3.05) is 6.54 Å². The molecule has 14 heavy (non-hydrogen) atoms. The second kappa shape index (κ2) is 2.67. The van der Waals surface area contributed by atoms with Crippen LogP contribution in [0, 0.1) is 0 Å². The fraction of sp³-hybridized carbons (Fsp3) is 0.273. The lowest BCUT2D eigenvalue weighted by Gasteiger charge is -2.15. The van der Waals surface area contributed by atoms with E-state index in [9.17, 15) is 4.79 Å². The third kappa shape index (κ3) is 0.923. The Bertz CT molecular complexity index is 518. The highest BCUT2D eigenvalue weighted by Gasteiger charge is 2.34. The van der Waals surface area contributed by atoms with E-state index in [1.165, 1.54) is 10.8 Å². The van der Waals surface area contributed by atoms with E-state index >= 15 is 0 Å². The Morgan fingerprint density at radius 3 is 3.14 bits per heavy atom. The number of benzene rings is 1. The molecule has 3 rings (SSSR count). The number of carbonyl (C=O) groups is 1. The molecule has 0 radical (unpaired) electrons. The summed E-state index contributed by atoms with van der Waals surface area (Å²) in [5, 5.41) is 5.17. The van der Waals surface area contributed by atoms with Gasteiger partial charge in [-0.1, -0.05) is 12.1 Å². The van der Waals surface area contributed by atoms with Crippen molar-refractivity contribution in [1.82, 2.24) is 5.32 Å². The summed E-state index contributed by atoms with van der Waals surface area (Å²) in [6.45, 7) is 0.765. The van der Waals surface area contributed by atoms with E-state index in [2.05, 4.69) is 16.4 Å². The number of rotatable bonds is 0. The molecule has 3 heteroatoms. The van der Waals surface area contributed by atoms with Crippen LogP contribution < -0.4 is 20.9 Å². The number of amides is 1. The van der Waals surface area contributed by atoms with Gasteiger partial charge >= 0.3 is 0 Å². The zero-order valence-corrected chi connectivity index (χ0v) is 7.71. The smallest absolute Gasteiger partial charge is 0.293 e. The molecule has 1 fully saturated rings. The molecule has 2 heterocycles. The summed E-state index contributed by atoms with van der Waals surface area (Å²) < 4.78 is 0. The van der Waals surface area contributed by atoms with Crippen LogP contribution in [0.3, 0.4) is 0 Å². The highest BCUT2D eigenvalue weighted by molar-refractivity contribution is 5.91. The molecule has 0 bridgehead atoms. The Morgan fingerprint density at radius 2 is 2.21 bits per heavy atom. The molecular formula is C11H11N2O+. The first-order valence-electron chi connectivity index (χ1n) is 4.85. The van der Waals surface area contributed by atoms with Gasteiger partial charge in [-0.25, -0.2) is 4.99 Å². The van der Waals surface area contributed by atoms with E-state index in [0.717, 1.165) is 18.3 Å². The van der Waals surface area contributed by atoms with Crippen LogP contribution in [0.25, 0.3) is 5.57 Å². The topological polar surface area (TPSA) is 43.1 Å².